The molecule has 0 bridgehead atoms. The van der Waals surface area contributed by atoms with Crippen molar-refractivity contribution in [1.29, 1.82) is 0 Å². The molecule has 1 aliphatic heterocycles. The number of halogens is 2. The molecule has 0 unspecified atom stereocenters. The maximum atomic E-state index is 4.64. The fraction of sp³-hybridized carbons (Fsp3) is 0.263. The molecule has 26 heavy (non-hydrogen) atoms. The van der Waals surface area contributed by atoms with Crippen molar-refractivity contribution < 1.29 is 41.6 Å². The number of anilines is 1. The van der Waals surface area contributed by atoms with Crippen molar-refractivity contribution in [3.8, 4) is 22.5 Å². The molecule has 0 saturated heterocycles. The van der Waals surface area contributed by atoms with E-state index >= 15 is 0 Å². The number of rotatable bonds is 4. The van der Waals surface area contributed by atoms with E-state index in [1.807, 2.05) is 8.93 Å². The molecule has 138 valence electrons. The number of nitrogens with zero attached hydrogens (tertiary/aromatic N) is 4. The summed E-state index contributed by atoms with van der Waals surface area (Å²) in [6.45, 7) is 5.61. The Balaban J connectivity index is 1.99. The summed E-state index contributed by atoms with van der Waals surface area (Å²) >= 11 is -0.370. The Kier molecular flexibility index (Phi) is 5.75. The van der Waals surface area contributed by atoms with Crippen LogP contribution < -0.4 is 44.7 Å². The standard InChI is InChI=1S/C19H20I2N4S/c1-13(2)20-24-12-14-8-4-5-9-15(14)19-18(22-23-25(19)21-26-3)16-10-6-7-11-17(16)24/h4-11,13H,12H2,1-3H3/q-2. The van der Waals surface area contributed by atoms with Gasteiger partial charge in [-0.05, 0) is 0 Å². The maximum absolute atomic E-state index is 4.64. The second-order valence-corrected chi connectivity index (χ2v) is 15.6. The van der Waals surface area contributed by atoms with Gasteiger partial charge in [-0.2, -0.15) is 0 Å². The van der Waals surface area contributed by atoms with Gasteiger partial charge in [0, 0.05) is 0 Å². The van der Waals surface area contributed by atoms with Crippen molar-refractivity contribution in [2.75, 3.05) is 9.37 Å². The summed E-state index contributed by atoms with van der Waals surface area (Å²) in [6.07, 6.45) is 2.15. The van der Waals surface area contributed by atoms with E-state index in [0.717, 1.165) is 12.2 Å². The van der Waals surface area contributed by atoms with Crippen molar-refractivity contribution in [3.05, 3.63) is 54.1 Å². The van der Waals surface area contributed by atoms with Crippen LogP contribution in [0.15, 0.2) is 48.5 Å². The number of hydrogen-bond acceptors (Lipinski definition) is 4. The number of benzene rings is 2. The molecular weight excluding hydrogens is 570 g/mol. The Morgan fingerprint density at radius 2 is 1.77 bits per heavy atom. The summed E-state index contributed by atoms with van der Waals surface area (Å²) in [7, 11) is 1.87. The molecule has 0 spiro atoms. The predicted octanol–water partition coefficient (Wildman–Crippen LogP) is -1.53. The van der Waals surface area contributed by atoms with Gasteiger partial charge in [0.25, 0.3) is 0 Å². The Morgan fingerprint density at radius 1 is 1.04 bits per heavy atom. The van der Waals surface area contributed by atoms with E-state index in [2.05, 4.69) is 85.0 Å². The van der Waals surface area contributed by atoms with E-state index in [1.165, 1.54) is 28.1 Å². The second kappa shape index (κ2) is 8.05. The summed E-state index contributed by atoms with van der Waals surface area (Å²) < 4.78 is 5.45. The topological polar surface area (TPSA) is 34.0 Å². The first kappa shape index (κ1) is 18.5. The first-order valence-corrected chi connectivity index (χ1v) is 15.4. The van der Waals surface area contributed by atoms with Gasteiger partial charge in [0.05, 0.1) is 0 Å². The predicted molar refractivity (Wildman–Crippen MR) is 101 cm³/mol. The van der Waals surface area contributed by atoms with Gasteiger partial charge < -0.3 is 0 Å². The normalized spacial score (nSPS) is 13.3. The van der Waals surface area contributed by atoms with E-state index in [9.17, 15) is 0 Å². The minimum atomic E-state index is -0.260. The van der Waals surface area contributed by atoms with Crippen LogP contribution in [0.1, 0.15) is 19.4 Å². The van der Waals surface area contributed by atoms with Crippen molar-refractivity contribution in [3.63, 3.8) is 0 Å². The summed E-state index contributed by atoms with van der Waals surface area (Å²) in [6, 6.07) is 17.5. The first-order valence-electron chi connectivity index (χ1n) is 8.42. The molecule has 0 atom stereocenters. The van der Waals surface area contributed by atoms with E-state index in [4.69, 9.17) is 0 Å². The van der Waals surface area contributed by atoms with Crippen LogP contribution in [-0.4, -0.2) is 23.4 Å². The Morgan fingerprint density at radius 3 is 2.54 bits per heavy atom. The average Bonchev–Trinajstić information content (AvgIpc) is 3.03. The molecule has 3 aromatic rings. The zero-order valence-electron chi connectivity index (χ0n) is 14.9. The van der Waals surface area contributed by atoms with Crippen LogP contribution in [-0.2, 0) is 6.54 Å². The molecule has 1 aliphatic rings. The van der Waals surface area contributed by atoms with Crippen LogP contribution in [0.25, 0.3) is 22.5 Å². The third-order valence-electron chi connectivity index (χ3n) is 4.08. The van der Waals surface area contributed by atoms with Gasteiger partial charge in [0.2, 0.25) is 0 Å². The molecule has 0 fully saturated rings. The van der Waals surface area contributed by atoms with E-state index < -0.39 is 0 Å². The molecule has 0 N–H and O–H groups in total. The molecule has 0 aliphatic carbocycles. The number of para-hydroxylation sites is 1. The van der Waals surface area contributed by atoms with Crippen LogP contribution >= 0.6 is 8.93 Å². The van der Waals surface area contributed by atoms with Crippen LogP contribution in [0.3, 0.4) is 0 Å². The zero-order valence-corrected chi connectivity index (χ0v) is 20.0. The molecule has 0 radical (unpaired) electrons. The van der Waals surface area contributed by atoms with Gasteiger partial charge in [0.1, 0.15) is 0 Å². The first-order chi connectivity index (χ1) is 12.7. The quantitative estimate of drug-likeness (QED) is 0.210. The Bertz CT molecular complexity index is 925. The molecule has 4 nitrogen and oxygen atoms in total. The van der Waals surface area contributed by atoms with E-state index in [-0.39, 0.29) is 41.6 Å². The van der Waals surface area contributed by atoms with Gasteiger partial charge in [0.15, 0.2) is 0 Å². The Hall–Kier alpha value is -0.810. The molecule has 4 rings (SSSR count). The SMILES string of the molecule is CS[I-]n1nnc2c1-c1ccccc1CN([I-]C(C)C)c1ccccc1-2. The number of hydrogen-bond donors (Lipinski definition) is 0. The summed E-state index contributed by atoms with van der Waals surface area (Å²) in [4.78, 5) is 0. The van der Waals surface area contributed by atoms with Gasteiger partial charge in [-0.15, -0.1) is 0 Å². The van der Waals surface area contributed by atoms with Gasteiger partial charge >= 0.3 is 180 Å². The van der Waals surface area contributed by atoms with E-state index in [1.54, 1.807) is 0 Å². The molecule has 2 aromatic carbocycles. The monoisotopic (exact) mass is 590 g/mol. The minimum absolute atomic E-state index is 0.110. The van der Waals surface area contributed by atoms with Crippen LogP contribution in [0, 0.1) is 0 Å². The molecule has 1 aromatic heterocycles. The molecule has 0 saturated carbocycles. The third kappa shape index (κ3) is 3.49. The number of alkyl halides is 1. The second-order valence-electron chi connectivity index (χ2n) is 6.18. The number of aromatic nitrogens is 3. The van der Waals surface area contributed by atoms with Crippen molar-refractivity contribution in [2.24, 2.45) is 0 Å². The van der Waals surface area contributed by atoms with E-state index in [0.29, 0.717) is 3.92 Å². The van der Waals surface area contributed by atoms with Gasteiger partial charge in [-0.3, -0.25) is 0 Å². The van der Waals surface area contributed by atoms with Crippen LogP contribution in [0.4, 0.5) is 5.69 Å². The fourth-order valence-electron chi connectivity index (χ4n) is 3.12. The van der Waals surface area contributed by atoms with Gasteiger partial charge in [-0.1, -0.05) is 0 Å². The Labute approximate surface area is 178 Å². The third-order valence-corrected chi connectivity index (χ3v) is 9.97. The van der Waals surface area contributed by atoms with Crippen LogP contribution in [0.5, 0.6) is 0 Å². The summed E-state index contributed by atoms with van der Waals surface area (Å²) in [5.74, 6) is 0. The summed E-state index contributed by atoms with van der Waals surface area (Å²) in [5.41, 5.74) is 7.40. The molecule has 7 heteroatoms. The van der Waals surface area contributed by atoms with Crippen molar-refractivity contribution in [1.82, 2.24) is 13.2 Å². The number of fused-ring (bicyclic) bond motifs is 5. The van der Waals surface area contributed by atoms with Crippen molar-refractivity contribution >= 4 is 14.6 Å². The summed E-state index contributed by atoms with van der Waals surface area (Å²) in [5, 5.41) is 9.18. The molecule has 2 heterocycles. The van der Waals surface area contributed by atoms with Crippen LogP contribution in [0.2, 0.25) is 0 Å². The zero-order chi connectivity index (χ0) is 18.1. The van der Waals surface area contributed by atoms with Gasteiger partial charge in [-0.25, -0.2) is 0 Å². The average molecular weight is 590 g/mol. The molecular formula is C19H20I2N4S-2. The van der Waals surface area contributed by atoms with Crippen molar-refractivity contribution in [2.45, 2.75) is 24.3 Å². The molecule has 0 amide bonds. The fourth-order valence-corrected chi connectivity index (χ4v) is 8.51.